The number of carbonyl (C=O) groups excluding carboxylic acids is 3. The highest BCUT2D eigenvalue weighted by Gasteiger charge is 2.32. The van der Waals surface area contributed by atoms with Crippen molar-refractivity contribution in [3.63, 3.8) is 0 Å². The number of hydrogen-bond acceptors (Lipinski definition) is 7. The summed E-state index contributed by atoms with van der Waals surface area (Å²) in [5, 5.41) is 10.7. The first kappa shape index (κ1) is 26.5. The lowest BCUT2D eigenvalue weighted by Crippen LogP contribution is -2.46. The monoisotopic (exact) mass is 514 g/mol. The molecule has 0 spiro atoms. The van der Waals surface area contributed by atoms with Gasteiger partial charge in [0.1, 0.15) is 18.2 Å². The van der Waals surface area contributed by atoms with Crippen molar-refractivity contribution < 1.29 is 23.9 Å². The first-order valence-electron chi connectivity index (χ1n) is 12.5. The number of nitrogens with zero attached hydrogens (tertiary/aromatic N) is 3. The van der Waals surface area contributed by atoms with Crippen LogP contribution in [0.2, 0.25) is 0 Å². The van der Waals surface area contributed by atoms with Crippen LogP contribution in [0.3, 0.4) is 0 Å². The van der Waals surface area contributed by atoms with Crippen LogP contribution >= 0.6 is 0 Å². The number of carbonyl (C=O) groups is 3. The molecule has 1 heterocycles. The highest BCUT2D eigenvalue weighted by molar-refractivity contribution is 5.93. The average molecular weight is 515 g/mol. The molecule has 1 amide bonds. The van der Waals surface area contributed by atoms with Gasteiger partial charge in [0.25, 0.3) is 5.91 Å². The van der Waals surface area contributed by atoms with Crippen molar-refractivity contribution in [3.05, 3.63) is 96.1 Å². The van der Waals surface area contributed by atoms with Crippen LogP contribution in [0.5, 0.6) is 0 Å². The summed E-state index contributed by atoms with van der Waals surface area (Å²) >= 11 is 0. The normalized spacial score (nSPS) is 12.6. The summed E-state index contributed by atoms with van der Waals surface area (Å²) in [6.45, 7) is 3.90. The molecule has 38 heavy (non-hydrogen) atoms. The molecule has 1 N–H and O–H groups in total. The summed E-state index contributed by atoms with van der Waals surface area (Å²) in [6, 6.07) is 24.5. The molecule has 2 atom stereocenters. The number of alkyl carbamates (subject to hydrolysis) is 1. The fraction of sp³-hybridized carbons (Fsp3) is 0.276. The Morgan fingerprint density at radius 3 is 2.18 bits per heavy atom. The van der Waals surface area contributed by atoms with Gasteiger partial charge in [-0.1, -0.05) is 91.9 Å². The van der Waals surface area contributed by atoms with E-state index in [4.69, 9.17) is 9.47 Å². The molecule has 0 aliphatic rings. The minimum absolute atomic E-state index is 0.0597. The summed E-state index contributed by atoms with van der Waals surface area (Å²) in [4.78, 5) is 39.4. The lowest BCUT2D eigenvalue weighted by Gasteiger charge is -2.23. The molecule has 4 rings (SSSR count). The minimum atomic E-state index is -1.19. The lowest BCUT2D eigenvalue weighted by atomic mass is 10.0. The molecular formula is C29H30N4O5. The lowest BCUT2D eigenvalue weighted by molar-refractivity contribution is -0.150. The molecule has 0 aliphatic heterocycles. The first-order chi connectivity index (χ1) is 18.4. The standard InChI is InChI=1S/C29H30N4O5/c1-20(2)17-24(30-29(36)37-19-22-13-7-4-8-14-22)28(35)38-26(18-21-11-5-3-6-12-21)27(34)33-25-16-10-9-15-23(25)31-32-33/h3-16,20,24,26H,17-19H2,1-2H3,(H,30,36)/t24-,26-/m0/s1. The Kier molecular flexibility index (Phi) is 8.81. The number of benzene rings is 3. The number of esters is 1. The molecular weight excluding hydrogens is 484 g/mol. The molecule has 0 radical (unpaired) electrons. The van der Waals surface area contributed by atoms with E-state index in [2.05, 4.69) is 15.6 Å². The van der Waals surface area contributed by atoms with Crippen molar-refractivity contribution in [2.75, 3.05) is 0 Å². The molecule has 1 aromatic heterocycles. The van der Waals surface area contributed by atoms with Crippen molar-refractivity contribution in [3.8, 4) is 0 Å². The fourth-order valence-electron chi connectivity index (χ4n) is 3.99. The second-order valence-corrected chi connectivity index (χ2v) is 9.33. The molecule has 9 heteroatoms. The Bertz CT molecular complexity index is 1370. The molecule has 0 bridgehead atoms. The van der Waals surface area contributed by atoms with E-state index in [9.17, 15) is 14.4 Å². The van der Waals surface area contributed by atoms with Gasteiger partial charge < -0.3 is 14.8 Å². The topological polar surface area (TPSA) is 112 Å². The van der Waals surface area contributed by atoms with Gasteiger partial charge >= 0.3 is 12.1 Å². The van der Waals surface area contributed by atoms with Crippen LogP contribution in [0.4, 0.5) is 4.79 Å². The Hall–Kier alpha value is -4.53. The summed E-state index contributed by atoms with van der Waals surface area (Å²) in [5.74, 6) is -1.20. The van der Waals surface area contributed by atoms with Gasteiger partial charge in [-0.2, -0.15) is 4.68 Å². The third kappa shape index (κ3) is 7.03. The van der Waals surface area contributed by atoms with Crippen LogP contribution in [0.1, 0.15) is 36.2 Å². The van der Waals surface area contributed by atoms with Crippen molar-refractivity contribution in [1.82, 2.24) is 20.3 Å². The smallest absolute Gasteiger partial charge is 0.408 e. The van der Waals surface area contributed by atoms with Crippen LogP contribution in [0.25, 0.3) is 11.0 Å². The molecule has 0 aliphatic carbocycles. The zero-order valence-corrected chi connectivity index (χ0v) is 21.3. The van der Waals surface area contributed by atoms with E-state index in [1.54, 1.807) is 24.3 Å². The fourth-order valence-corrected chi connectivity index (χ4v) is 3.99. The van der Waals surface area contributed by atoms with Gasteiger partial charge in [0.15, 0.2) is 6.10 Å². The van der Waals surface area contributed by atoms with Crippen molar-refractivity contribution in [2.24, 2.45) is 5.92 Å². The number of rotatable bonds is 10. The highest BCUT2D eigenvalue weighted by atomic mass is 16.6. The van der Waals surface area contributed by atoms with Gasteiger partial charge in [-0.15, -0.1) is 5.10 Å². The van der Waals surface area contributed by atoms with Gasteiger partial charge in [-0.3, -0.25) is 4.79 Å². The largest absolute Gasteiger partial charge is 0.450 e. The molecule has 0 unspecified atom stereocenters. The maximum atomic E-state index is 13.6. The predicted molar refractivity (Wildman–Crippen MR) is 141 cm³/mol. The van der Waals surface area contributed by atoms with Crippen LogP contribution < -0.4 is 5.32 Å². The maximum Gasteiger partial charge on any atom is 0.408 e. The van der Waals surface area contributed by atoms with Crippen molar-refractivity contribution in [1.29, 1.82) is 0 Å². The Balaban J connectivity index is 1.51. The summed E-state index contributed by atoms with van der Waals surface area (Å²) in [5.41, 5.74) is 2.68. The summed E-state index contributed by atoms with van der Waals surface area (Å²) < 4.78 is 12.2. The van der Waals surface area contributed by atoms with E-state index in [-0.39, 0.29) is 18.9 Å². The van der Waals surface area contributed by atoms with Crippen molar-refractivity contribution in [2.45, 2.75) is 45.4 Å². The number of nitrogens with one attached hydrogen (secondary N) is 1. The molecule has 196 valence electrons. The van der Waals surface area contributed by atoms with Crippen LogP contribution in [0, 0.1) is 5.92 Å². The summed E-state index contributed by atoms with van der Waals surface area (Å²) in [6.07, 6.45) is -1.50. The van der Waals surface area contributed by atoms with Crippen LogP contribution in [-0.4, -0.2) is 45.1 Å². The number of ether oxygens (including phenoxy) is 2. The SMILES string of the molecule is CC(C)C[C@H](NC(=O)OCc1ccccc1)C(=O)O[C@@H](Cc1ccccc1)C(=O)n1nnc2ccccc21. The first-order valence-corrected chi connectivity index (χ1v) is 12.5. The number of fused-ring (bicyclic) bond motifs is 1. The minimum Gasteiger partial charge on any atom is -0.450 e. The van der Waals surface area contributed by atoms with Gasteiger partial charge in [0.05, 0.1) is 5.52 Å². The molecule has 0 fully saturated rings. The van der Waals surface area contributed by atoms with Gasteiger partial charge in [0, 0.05) is 6.42 Å². The zero-order valence-electron chi connectivity index (χ0n) is 21.3. The van der Waals surface area contributed by atoms with E-state index >= 15 is 0 Å². The molecule has 0 saturated carbocycles. The molecule has 3 aromatic carbocycles. The summed E-state index contributed by atoms with van der Waals surface area (Å²) in [7, 11) is 0. The molecule has 9 nitrogen and oxygen atoms in total. The number of para-hydroxylation sites is 1. The average Bonchev–Trinajstić information content (AvgIpc) is 3.36. The van der Waals surface area contributed by atoms with E-state index in [0.717, 1.165) is 15.8 Å². The predicted octanol–water partition coefficient (Wildman–Crippen LogP) is 4.57. The second kappa shape index (κ2) is 12.6. The maximum absolute atomic E-state index is 13.6. The second-order valence-electron chi connectivity index (χ2n) is 9.33. The van der Waals surface area contributed by atoms with E-state index < -0.39 is 30.1 Å². The van der Waals surface area contributed by atoms with Gasteiger partial charge in [0.2, 0.25) is 0 Å². The van der Waals surface area contributed by atoms with Gasteiger partial charge in [-0.05, 0) is 35.6 Å². The highest BCUT2D eigenvalue weighted by Crippen LogP contribution is 2.16. The van der Waals surface area contributed by atoms with Crippen molar-refractivity contribution >= 4 is 29.0 Å². The van der Waals surface area contributed by atoms with Crippen LogP contribution in [-0.2, 0) is 27.3 Å². The van der Waals surface area contributed by atoms with E-state index in [1.165, 1.54) is 0 Å². The third-order valence-electron chi connectivity index (χ3n) is 5.85. The van der Waals surface area contributed by atoms with Crippen LogP contribution in [0.15, 0.2) is 84.9 Å². The number of hydrogen-bond donors (Lipinski definition) is 1. The Morgan fingerprint density at radius 1 is 0.868 bits per heavy atom. The van der Waals surface area contributed by atoms with E-state index in [0.29, 0.717) is 17.5 Å². The van der Waals surface area contributed by atoms with Gasteiger partial charge in [-0.25, -0.2) is 9.59 Å². The zero-order chi connectivity index (χ0) is 26.9. The third-order valence-corrected chi connectivity index (χ3v) is 5.85. The Labute approximate surface area is 220 Å². The molecule has 4 aromatic rings. The van der Waals surface area contributed by atoms with E-state index in [1.807, 2.05) is 74.5 Å². The number of aromatic nitrogens is 3. The number of amides is 1. The Morgan fingerprint density at radius 2 is 1.50 bits per heavy atom. The molecule has 0 saturated heterocycles. The quantitative estimate of drug-likeness (QED) is 0.309.